The molecular formula is C15H15N5O2. The molecule has 3 aromatic rings. The third-order valence-electron chi connectivity index (χ3n) is 3.25. The summed E-state index contributed by atoms with van der Waals surface area (Å²) in [5.74, 6) is 1.09. The average Bonchev–Trinajstić information content (AvgIpc) is 3.12. The van der Waals surface area contributed by atoms with Gasteiger partial charge in [-0.3, -0.25) is 4.79 Å². The lowest BCUT2D eigenvalue weighted by atomic mass is 10.3. The molecule has 1 N–H and O–H groups in total. The molecule has 1 aromatic carbocycles. The van der Waals surface area contributed by atoms with Crippen LogP contribution in [0, 0.1) is 6.92 Å². The van der Waals surface area contributed by atoms with Gasteiger partial charge in [0.25, 0.3) is 5.91 Å². The van der Waals surface area contributed by atoms with Crippen molar-refractivity contribution >= 4 is 23.2 Å². The number of carbonyl (C=O) groups is 1. The van der Waals surface area contributed by atoms with Crippen molar-refractivity contribution < 1.29 is 9.21 Å². The molecule has 7 heteroatoms. The first kappa shape index (κ1) is 14.0. The van der Waals surface area contributed by atoms with Crippen molar-refractivity contribution in [2.75, 3.05) is 0 Å². The lowest BCUT2D eigenvalue weighted by Crippen LogP contribution is -2.28. The molecule has 0 aliphatic rings. The number of nitrogens with zero attached hydrogens (tertiary/aromatic N) is 4. The monoisotopic (exact) mass is 297 g/mol. The molecule has 0 aliphatic heterocycles. The van der Waals surface area contributed by atoms with Crippen LogP contribution in [0.1, 0.15) is 24.5 Å². The molecule has 0 saturated carbocycles. The van der Waals surface area contributed by atoms with Crippen molar-refractivity contribution in [3.63, 3.8) is 0 Å². The maximum absolute atomic E-state index is 12.1. The van der Waals surface area contributed by atoms with Crippen LogP contribution in [0.4, 0.5) is 0 Å². The predicted octanol–water partition coefficient (Wildman–Crippen LogP) is 2.04. The Balaban J connectivity index is 1.70. The van der Waals surface area contributed by atoms with Crippen LogP contribution < -0.4 is 5.43 Å². The lowest BCUT2D eigenvalue weighted by molar-refractivity contribution is -0.124. The number of benzene rings is 1. The van der Waals surface area contributed by atoms with E-state index in [1.54, 1.807) is 17.7 Å². The number of amides is 1. The van der Waals surface area contributed by atoms with E-state index in [2.05, 4.69) is 20.8 Å². The van der Waals surface area contributed by atoms with E-state index in [0.29, 0.717) is 5.76 Å². The second kappa shape index (κ2) is 5.80. The van der Waals surface area contributed by atoms with Crippen molar-refractivity contribution in [3.05, 3.63) is 47.9 Å². The van der Waals surface area contributed by atoms with E-state index in [0.717, 1.165) is 16.8 Å². The molecule has 2 heterocycles. The number of fused-ring (bicyclic) bond motifs is 1. The summed E-state index contributed by atoms with van der Waals surface area (Å²) >= 11 is 0. The fourth-order valence-electron chi connectivity index (χ4n) is 2.06. The van der Waals surface area contributed by atoms with Gasteiger partial charge in [-0.25, -0.2) is 10.1 Å². The topological polar surface area (TPSA) is 85.3 Å². The summed E-state index contributed by atoms with van der Waals surface area (Å²) < 4.78 is 6.89. The molecule has 2 aromatic heterocycles. The van der Waals surface area contributed by atoms with Gasteiger partial charge in [0.05, 0.1) is 11.7 Å². The molecule has 1 atom stereocenters. The van der Waals surface area contributed by atoms with Crippen molar-refractivity contribution in [1.29, 1.82) is 0 Å². The van der Waals surface area contributed by atoms with E-state index in [1.165, 1.54) is 6.21 Å². The van der Waals surface area contributed by atoms with Crippen LogP contribution in [-0.4, -0.2) is 27.1 Å². The number of aromatic nitrogens is 3. The number of rotatable bonds is 4. The summed E-state index contributed by atoms with van der Waals surface area (Å²) in [4.78, 5) is 12.1. The van der Waals surface area contributed by atoms with E-state index in [4.69, 9.17) is 4.42 Å². The van der Waals surface area contributed by atoms with E-state index >= 15 is 0 Å². The third-order valence-corrected chi connectivity index (χ3v) is 3.25. The van der Waals surface area contributed by atoms with E-state index < -0.39 is 6.04 Å². The molecule has 0 unspecified atom stereocenters. The van der Waals surface area contributed by atoms with E-state index in [-0.39, 0.29) is 5.91 Å². The zero-order valence-electron chi connectivity index (χ0n) is 12.2. The Morgan fingerprint density at radius 2 is 2.18 bits per heavy atom. The number of carbonyl (C=O) groups excluding carboxylic acids is 1. The second-order valence-electron chi connectivity index (χ2n) is 4.88. The fourth-order valence-corrected chi connectivity index (χ4v) is 2.06. The summed E-state index contributed by atoms with van der Waals surface area (Å²) in [6.07, 6.45) is 1.46. The first-order valence-electron chi connectivity index (χ1n) is 6.84. The molecular weight excluding hydrogens is 282 g/mol. The van der Waals surface area contributed by atoms with Gasteiger partial charge in [-0.15, -0.1) is 5.10 Å². The van der Waals surface area contributed by atoms with Crippen molar-refractivity contribution in [3.8, 4) is 0 Å². The van der Waals surface area contributed by atoms with Gasteiger partial charge >= 0.3 is 0 Å². The highest BCUT2D eigenvalue weighted by atomic mass is 16.3. The Hall–Kier alpha value is -2.96. The third kappa shape index (κ3) is 2.73. The number of para-hydroxylation sites is 1. The van der Waals surface area contributed by atoms with Crippen LogP contribution in [0.15, 0.2) is 45.9 Å². The maximum Gasteiger partial charge on any atom is 0.264 e. The Labute approximate surface area is 126 Å². The highest BCUT2D eigenvalue weighted by Gasteiger charge is 2.18. The zero-order chi connectivity index (χ0) is 15.5. The minimum atomic E-state index is -0.525. The minimum absolute atomic E-state index is 0.282. The number of hydrazone groups is 1. The van der Waals surface area contributed by atoms with Gasteiger partial charge in [0.15, 0.2) is 0 Å². The molecule has 22 heavy (non-hydrogen) atoms. The van der Waals surface area contributed by atoms with Crippen LogP contribution >= 0.6 is 0 Å². The quantitative estimate of drug-likeness (QED) is 0.590. The molecule has 0 aliphatic carbocycles. The van der Waals surface area contributed by atoms with Crippen molar-refractivity contribution in [1.82, 2.24) is 20.4 Å². The van der Waals surface area contributed by atoms with E-state index in [1.807, 2.05) is 37.3 Å². The highest BCUT2D eigenvalue weighted by molar-refractivity contribution is 5.84. The molecule has 0 fully saturated rings. The van der Waals surface area contributed by atoms with Gasteiger partial charge in [0.2, 0.25) is 0 Å². The second-order valence-corrected chi connectivity index (χ2v) is 4.88. The van der Waals surface area contributed by atoms with E-state index in [9.17, 15) is 4.79 Å². The normalized spacial score (nSPS) is 12.8. The number of nitrogens with one attached hydrogen (secondary N) is 1. The van der Waals surface area contributed by atoms with Crippen LogP contribution in [0.2, 0.25) is 0 Å². The highest BCUT2D eigenvalue weighted by Crippen LogP contribution is 2.15. The zero-order valence-corrected chi connectivity index (χ0v) is 12.2. The van der Waals surface area contributed by atoms with Gasteiger partial charge in [0.1, 0.15) is 23.1 Å². The van der Waals surface area contributed by atoms with Gasteiger partial charge in [-0.1, -0.05) is 17.3 Å². The molecule has 0 spiro atoms. The fraction of sp³-hybridized carbons (Fsp3) is 0.200. The first-order valence-corrected chi connectivity index (χ1v) is 6.84. The molecule has 0 saturated heterocycles. The van der Waals surface area contributed by atoms with Gasteiger partial charge in [-0.2, -0.15) is 5.10 Å². The van der Waals surface area contributed by atoms with Crippen LogP contribution in [0.3, 0.4) is 0 Å². The standard InChI is InChI=1S/C15H15N5O2/c1-10-7-8-12(22-10)9-16-18-15(21)11(2)20-14-6-4-3-5-13(14)17-19-20/h3-9,11H,1-2H3,(H,18,21)/b16-9-/t11-/m0/s1. The number of furan rings is 1. The van der Waals surface area contributed by atoms with Crippen LogP contribution in [0.25, 0.3) is 11.0 Å². The Morgan fingerprint density at radius 1 is 1.36 bits per heavy atom. The average molecular weight is 297 g/mol. The summed E-state index contributed by atoms with van der Waals surface area (Å²) in [5, 5.41) is 11.9. The van der Waals surface area contributed by atoms with Gasteiger partial charge < -0.3 is 4.42 Å². The summed E-state index contributed by atoms with van der Waals surface area (Å²) in [6, 6.07) is 10.6. The Bertz CT molecular complexity index is 833. The summed E-state index contributed by atoms with van der Waals surface area (Å²) in [6.45, 7) is 3.58. The predicted molar refractivity (Wildman–Crippen MR) is 81.4 cm³/mol. The lowest BCUT2D eigenvalue weighted by Gasteiger charge is -2.10. The van der Waals surface area contributed by atoms with Crippen LogP contribution in [-0.2, 0) is 4.79 Å². The Morgan fingerprint density at radius 3 is 2.95 bits per heavy atom. The number of hydrogen-bond acceptors (Lipinski definition) is 5. The molecule has 1 amide bonds. The molecule has 0 radical (unpaired) electrons. The maximum atomic E-state index is 12.1. The minimum Gasteiger partial charge on any atom is -0.460 e. The molecule has 0 bridgehead atoms. The smallest absolute Gasteiger partial charge is 0.264 e. The first-order chi connectivity index (χ1) is 10.6. The Kier molecular flexibility index (Phi) is 3.69. The number of hydrogen-bond donors (Lipinski definition) is 1. The SMILES string of the molecule is Cc1ccc(/C=N\NC(=O)[C@H](C)n2nnc3ccccc32)o1. The summed E-state index contributed by atoms with van der Waals surface area (Å²) in [7, 11) is 0. The van der Waals surface area contributed by atoms with Gasteiger partial charge in [0, 0.05) is 0 Å². The molecule has 7 nitrogen and oxygen atoms in total. The molecule has 3 rings (SSSR count). The van der Waals surface area contributed by atoms with Crippen LogP contribution in [0.5, 0.6) is 0 Å². The van der Waals surface area contributed by atoms with Crippen molar-refractivity contribution in [2.45, 2.75) is 19.9 Å². The number of aryl methyl sites for hydroxylation is 1. The van der Waals surface area contributed by atoms with Gasteiger partial charge in [-0.05, 0) is 38.1 Å². The van der Waals surface area contributed by atoms with Crippen molar-refractivity contribution in [2.24, 2.45) is 5.10 Å². The molecule has 112 valence electrons. The largest absolute Gasteiger partial charge is 0.460 e. The summed E-state index contributed by atoms with van der Waals surface area (Å²) in [5.41, 5.74) is 4.02.